The van der Waals surface area contributed by atoms with Crippen molar-refractivity contribution in [2.24, 2.45) is 0 Å². The van der Waals surface area contributed by atoms with Gasteiger partial charge in [-0.2, -0.15) is 4.37 Å². The molecule has 2 unspecified atom stereocenters. The number of unbranched alkanes of at least 4 members (excludes halogenated alkanes) is 3. The van der Waals surface area contributed by atoms with Crippen LogP contribution in [0, 0.1) is 0 Å². The van der Waals surface area contributed by atoms with Crippen molar-refractivity contribution in [1.29, 1.82) is 0 Å². The van der Waals surface area contributed by atoms with Crippen molar-refractivity contribution in [2.75, 3.05) is 26.7 Å². The van der Waals surface area contributed by atoms with Crippen molar-refractivity contribution in [3.8, 4) is 11.6 Å². The zero-order valence-electron chi connectivity index (χ0n) is 21.8. The lowest BCUT2D eigenvalue weighted by Gasteiger charge is -2.41. The molecule has 1 aliphatic heterocycles. The number of esters is 2. The molecule has 0 aliphatic carbocycles. The minimum absolute atomic E-state index is 0.206. The van der Waals surface area contributed by atoms with Crippen molar-refractivity contribution < 1.29 is 28.3 Å². The molecule has 0 fully saturated rings. The van der Waals surface area contributed by atoms with Crippen LogP contribution in [-0.4, -0.2) is 58.1 Å². The predicted octanol–water partition coefficient (Wildman–Crippen LogP) is 5.18. The lowest BCUT2D eigenvalue weighted by Crippen LogP contribution is -2.55. The molecule has 2 heterocycles. The second kappa shape index (κ2) is 13.5. The summed E-state index contributed by atoms with van der Waals surface area (Å²) in [6.45, 7) is 7.68. The summed E-state index contributed by atoms with van der Waals surface area (Å²) in [5, 5.41) is 0. The van der Waals surface area contributed by atoms with Gasteiger partial charge in [0.2, 0.25) is 6.23 Å². The zero-order valence-corrected chi connectivity index (χ0v) is 22.6. The predicted molar refractivity (Wildman–Crippen MR) is 140 cm³/mol. The van der Waals surface area contributed by atoms with Gasteiger partial charge >= 0.3 is 11.9 Å². The molecule has 1 aliphatic rings. The van der Waals surface area contributed by atoms with E-state index in [0.717, 1.165) is 42.6 Å². The van der Waals surface area contributed by atoms with E-state index in [4.69, 9.17) is 14.2 Å². The van der Waals surface area contributed by atoms with Crippen LogP contribution in [0.15, 0.2) is 30.3 Å². The molecule has 196 valence electrons. The molecule has 0 amide bonds. The van der Waals surface area contributed by atoms with Crippen LogP contribution in [0.1, 0.15) is 70.6 Å². The topological polar surface area (TPSA) is 87.6 Å². The Morgan fingerprint density at radius 3 is 2.75 bits per heavy atom. The van der Waals surface area contributed by atoms with Crippen molar-refractivity contribution in [3.05, 3.63) is 41.6 Å². The van der Waals surface area contributed by atoms with Gasteiger partial charge in [0, 0.05) is 32.3 Å². The molecule has 9 heteroatoms. The lowest BCUT2D eigenvalue weighted by molar-refractivity contribution is -0.944. The summed E-state index contributed by atoms with van der Waals surface area (Å²) in [6.07, 6.45) is 7.94. The second-order valence-electron chi connectivity index (χ2n) is 9.50. The molecule has 8 nitrogen and oxygen atoms in total. The zero-order chi connectivity index (χ0) is 26.0. The Bertz CT molecular complexity index is 1050. The highest BCUT2D eigenvalue weighted by molar-refractivity contribution is 6.99. The number of hydrogen-bond acceptors (Lipinski definition) is 8. The van der Waals surface area contributed by atoms with Crippen LogP contribution < -0.4 is 9.47 Å². The number of hydrogen-bond donors (Lipinski definition) is 0. The Morgan fingerprint density at radius 2 is 1.97 bits per heavy atom. The van der Waals surface area contributed by atoms with E-state index in [1.54, 1.807) is 12.1 Å². The van der Waals surface area contributed by atoms with E-state index < -0.39 is 0 Å². The van der Waals surface area contributed by atoms with Crippen molar-refractivity contribution in [2.45, 2.75) is 71.9 Å². The molecule has 0 saturated carbocycles. The first-order valence-electron chi connectivity index (χ1n) is 12.8. The number of quaternary nitrogens is 1. The van der Waals surface area contributed by atoms with Gasteiger partial charge in [0.1, 0.15) is 18.0 Å². The summed E-state index contributed by atoms with van der Waals surface area (Å²) in [6, 6.07) is 7.25. The van der Waals surface area contributed by atoms with E-state index in [9.17, 15) is 9.59 Å². The van der Waals surface area contributed by atoms with Crippen LogP contribution in [0.5, 0.6) is 11.6 Å². The molecule has 0 bridgehead atoms. The first-order chi connectivity index (χ1) is 17.3. The standard InChI is InChI=1S/C27H38N3O5S/c1-5-6-7-10-18-33-27-26(28-36-29-27)23-13-11-17-30(4,19-23)20(2)34-25(32)16-15-22-12-8-9-14-24(22)35-21(3)31/h8-9,12-14,20H,5-7,10-11,15-19H2,1-4H3/q+1. The maximum atomic E-state index is 12.7. The number of nitrogens with zero attached hydrogens (tertiary/aromatic N) is 3. The molecule has 0 N–H and O–H groups in total. The molecule has 36 heavy (non-hydrogen) atoms. The van der Waals surface area contributed by atoms with Crippen molar-refractivity contribution in [1.82, 2.24) is 8.75 Å². The highest BCUT2D eigenvalue weighted by Gasteiger charge is 2.36. The molecule has 2 aromatic rings. The molecule has 3 rings (SSSR count). The van der Waals surface area contributed by atoms with Crippen LogP contribution >= 0.6 is 11.7 Å². The first-order valence-corrected chi connectivity index (χ1v) is 13.5. The van der Waals surface area contributed by atoms with Gasteiger partial charge in [0.25, 0.3) is 5.88 Å². The van der Waals surface area contributed by atoms with Gasteiger partial charge in [-0.05, 0) is 24.5 Å². The van der Waals surface area contributed by atoms with Gasteiger partial charge in [-0.1, -0.05) is 50.5 Å². The number of para-hydroxylation sites is 1. The minimum Gasteiger partial charge on any atom is -0.475 e. The van der Waals surface area contributed by atoms with Gasteiger partial charge in [0.05, 0.1) is 31.9 Å². The molecule has 1 aromatic heterocycles. The van der Waals surface area contributed by atoms with Gasteiger partial charge in [0.15, 0.2) is 0 Å². The molecule has 0 radical (unpaired) electrons. The summed E-state index contributed by atoms with van der Waals surface area (Å²) in [7, 11) is 2.10. The number of carbonyl (C=O) groups excluding carboxylic acids is 2. The van der Waals surface area contributed by atoms with Crippen LogP contribution in [0.3, 0.4) is 0 Å². The van der Waals surface area contributed by atoms with Gasteiger partial charge < -0.3 is 14.2 Å². The van der Waals surface area contributed by atoms with E-state index in [0.29, 0.717) is 35.7 Å². The SMILES string of the molecule is CCCCCCOc1nsnc1C1=CCC[N+](C)(C(C)OC(=O)CCc2ccccc2OC(C)=O)C1. The third kappa shape index (κ3) is 7.86. The van der Waals surface area contributed by atoms with E-state index in [1.165, 1.54) is 31.5 Å². The van der Waals surface area contributed by atoms with Crippen LogP contribution in [-0.2, 0) is 20.7 Å². The molecular weight excluding hydrogens is 478 g/mol. The molecule has 0 saturated heterocycles. The van der Waals surface area contributed by atoms with Crippen molar-refractivity contribution in [3.63, 3.8) is 0 Å². The number of ether oxygens (including phenoxy) is 3. The van der Waals surface area contributed by atoms with Crippen LogP contribution in [0.2, 0.25) is 0 Å². The number of aryl methyl sites for hydroxylation is 1. The summed E-state index contributed by atoms with van der Waals surface area (Å²) in [5.74, 6) is 0.426. The number of likely N-dealkylation sites (N-methyl/N-ethyl adjacent to an activating group) is 1. The number of carbonyl (C=O) groups is 2. The van der Waals surface area contributed by atoms with Crippen LogP contribution in [0.25, 0.3) is 5.57 Å². The fourth-order valence-corrected chi connectivity index (χ4v) is 4.83. The van der Waals surface area contributed by atoms with E-state index in [2.05, 4.69) is 28.8 Å². The average Bonchev–Trinajstić information content (AvgIpc) is 3.32. The Morgan fingerprint density at radius 1 is 1.17 bits per heavy atom. The second-order valence-corrected chi connectivity index (χ2v) is 10.0. The lowest BCUT2D eigenvalue weighted by atomic mass is 10.0. The first kappa shape index (κ1) is 27.8. The fraction of sp³-hybridized carbons (Fsp3) is 0.556. The summed E-state index contributed by atoms with van der Waals surface area (Å²) >= 11 is 1.17. The number of benzene rings is 1. The Balaban J connectivity index is 1.55. The van der Waals surface area contributed by atoms with E-state index in [1.807, 2.05) is 19.1 Å². The largest absolute Gasteiger partial charge is 0.475 e. The average molecular weight is 517 g/mol. The normalized spacial score (nSPS) is 18.3. The highest BCUT2D eigenvalue weighted by Crippen LogP contribution is 2.32. The fourth-order valence-electron chi connectivity index (χ4n) is 4.30. The molecule has 1 aromatic carbocycles. The van der Waals surface area contributed by atoms with Gasteiger partial charge in [-0.25, -0.2) is 0 Å². The van der Waals surface area contributed by atoms with E-state index in [-0.39, 0.29) is 24.6 Å². The Kier molecular flexibility index (Phi) is 10.4. The number of rotatable bonds is 13. The minimum atomic E-state index is -0.384. The maximum Gasteiger partial charge on any atom is 0.310 e. The third-order valence-corrected chi connectivity index (χ3v) is 7.08. The molecule has 0 spiro atoms. The third-order valence-electron chi connectivity index (χ3n) is 6.57. The molecule has 2 atom stereocenters. The smallest absolute Gasteiger partial charge is 0.310 e. The maximum absolute atomic E-state index is 12.7. The highest BCUT2D eigenvalue weighted by atomic mass is 32.1. The van der Waals surface area contributed by atoms with Gasteiger partial charge in [-0.3, -0.25) is 14.1 Å². The summed E-state index contributed by atoms with van der Waals surface area (Å²) in [5.41, 5.74) is 2.69. The summed E-state index contributed by atoms with van der Waals surface area (Å²) in [4.78, 5) is 24.1. The Hall–Kier alpha value is -2.78. The van der Waals surface area contributed by atoms with Crippen molar-refractivity contribution >= 4 is 29.2 Å². The number of aromatic nitrogens is 2. The Labute approximate surface area is 218 Å². The van der Waals surface area contributed by atoms with E-state index >= 15 is 0 Å². The monoisotopic (exact) mass is 516 g/mol. The van der Waals surface area contributed by atoms with Crippen LogP contribution in [0.4, 0.5) is 0 Å². The molecular formula is C27H38N3O5S+. The quantitative estimate of drug-likeness (QED) is 0.157. The summed E-state index contributed by atoms with van der Waals surface area (Å²) < 4.78 is 26.5. The van der Waals surface area contributed by atoms with Gasteiger partial charge in [-0.15, -0.1) is 4.37 Å².